The number of aryl methyl sites for hydroxylation is 1. The van der Waals surface area contributed by atoms with Crippen molar-refractivity contribution in [2.24, 2.45) is 0 Å². The molecule has 0 atom stereocenters. The molecule has 0 radical (unpaired) electrons. The van der Waals surface area contributed by atoms with Crippen molar-refractivity contribution in [2.75, 3.05) is 11.9 Å². The van der Waals surface area contributed by atoms with Crippen LogP contribution in [0.1, 0.15) is 37.7 Å². The van der Waals surface area contributed by atoms with Gasteiger partial charge >= 0.3 is 6.18 Å². The van der Waals surface area contributed by atoms with E-state index in [1.807, 2.05) is 0 Å². The minimum absolute atomic E-state index is 0.110. The molecule has 5 nitrogen and oxygen atoms in total. The number of nitrogens with one attached hydrogen (secondary N) is 2. The first-order valence-corrected chi connectivity index (χ1v) is 7.93. The van der Waals surface area contributed by atoms with Gasteiger partial charge in [0.1, 0.15) is 4.88 Å². The van der Waals surface area contributed by atoms with Crippen LogP contribution in [-0.2, 0) is 12.6 Å². The predicted octanol–water partition coefficient (Wildman–Crippen LogP) is 3.09. The second kappa shape index (κ2) is 6.23. The van der Waals surface area contributed by atoms with Crippen molar-refractivity contribution in [3.05, 3.63) is 46.0 Å². The summed E-state index contributed by atoms with van der Waals surface area (Å²) in [5.74, 6) is -1.19. The van der Waals surface area contributed by atoms with Crippen molar-refractivity contribution in [2.45, 2.75) is 19.0 Å². The summed E-state index contributed by atoms with van der Waals surface area (Å²) in [6.07, 6.45) is -3.35. The van der Waals surface area contributed by atoms with Crippen LogP contribution in [0, 0.1) is 0 Å². The number of carbonyl (C=O) groups excluding carboxylic acids is 2. The van der Waals surface area contributed by atoms with Gasteiger partial charge in [0.2, 0.25) is 0 Å². The first kappa shape index (κ1) is 16.4. The molecular formula is C15H12F3N3O2S. The summed E-state index contributed by atoms with van der Waals surface area (Å²) in [7, 11) is 0. The lowest BCUT2D eigenvalue weighted by Gasteiger charge is -2.11. The van der Waals surface area contributed by atoms with E-state index in [9.17, 15) is 22.8 Å². The van der Waals surface area contributed by atoms with Crippen molar-refractivity contribution >= 4 is 28.3 Å². The van der Waals surface area contributed by atoms with Crippen molar-refractivity contribution in [3.63, 3.8) is 0 Å². The average molecular weight is 355 g/mol. The first-order chi connectivity index (χ1) is 11.4. The van der Waals surface area contributed by atoms with Crippen LogP contribution >= 0.6 is 11.3 Å². The van der Waals surface area contributed by atoms with Gasteiger partial charge in [-0.1, -0.05) is 23.5 Å². The quantitative estimate of drug-likeness (QED) is 0.870. The maximum absolute atomic E-state index is 13.0. The molecule has 126 valence electrons. The molecule has 2 heterocycles. The number of nitrogens with zero attached hydrogens (tertiary/aromatic N) is 1. The van der Waals surface area contributed by atoms with Gasteiger partial charge in [-0.05, 0) is 25.0 Å². The van der Waals surface area contributed by atoms with Gasteiger partial charge in [0.15, 0.2) is 5.13 Å². The number of aromatic nitrogens is 1. The molecule has 0 fully saturated rings. The van der Waals surface area contributed by atoms with Gasteiger partial charge in [-0.3, -0.25) is 14.9 Å². The van der Waals surface area contributed by atoms with E-state index in [1.165, 1.54) is 12.1 Å². The maximum atomic E-state index is 13.0. The molecule has 3 rings (SSSR count). The first-order valence-electron chi connectivity index (χ1n) is 7.12. The zero-order chi connectivity index (χ0) is 17.3. The summed E-state index contributed by atoms with van der Waals surface area (Å²) in [5.41, 5.74) is -0.951. The smallest absolute Gasteiger partial charge is 0.351 e. The van der Waals surface area contributed by atoms with Gasteiger partial charge < -0.3 is 5.32 Å². The van der Waals surface area contributed by atoms with Gasteiger partial charge in [0.05, 0.1) is 16.8 Å². The summed E-state index contributed by atoms with van der Waals surface area (Å²) < 4.78 is 39.0. The predicted molar refractivity (Wildman–Crippen MR) is 82.2 cm³/mol. The van der Waals surface area contributed by atoms with Gasteiger partial charge in [-0.2, -0.15) is 13.2 Å². The fourth-order valence-corrected chi connectivity index (χ4v) is 3.31. The Hall–Kier alpha value is -2.42. The Bertz CT molecular complexity index is 802. The van der Waals surface area contributed by atoms with Gasteiger partial charge in [-0.25, -0.2) is 4.98 Å². The zero-order valence-corrected chi connectivity index (χ0v) is 13.1. The highest BCUT2D eigenvalue weighted by Crippen LogP contribution is 2.32. The number of alkyl halides is 3. The van der Waals surface area contributed by atoms with Crippen LogP contribution in [0.5, 0.6) is 0 Å². The van der Waals surface area contributed by atoms with Crippen molar-refractivity contribution in [3.8, 4) is 0 Å². The molecule has 0 saturated carbocycles. The molecule has 1 aromatic carbocycles. The van der Waals surface area contributed by atoms with Crippen LogP contribution in [0.2, 0.25) is 0 Å². The van der Waals surface area contributed by atoms with E-state index in [4.69, 9.17) is 0 Å². The lowest BCUT2D eigenvalue weighted by Crippen LogP contribution is -2.21. The van der Waals surface area contributed by atoms with Gasteiger partial charge in [0, 0.05) is 6.54 Å². The minimum Gasteiger partial charge on any atom is -0.351 e. The van der Waals surface area contributed by atoms with E-state index >= 15 is 0 Å². The Balaban J connectivity index is 1.87. The van der Waals surface area contributed by atoms with E-state index in [1.54, 1.807) is 0 Å². The zero-order valence-electron chi connectivity index (χ0n) is 12.2. The highest BCUT2D eigenvalue weighted by atomic mass is 32.1. The van der Waals surface area contributed by atoms with E-state index in [0.717, 1.165) is 23.5 Å². The third kappa shape index (κ3) is 3.25. The molecule has 0 saturated heterocycles. The molecule has 1 aliphatic heterocycles. The monoisotopic (exact) mass is 355 g/mol. The molecule has 1 aliphatic rings. The van der Waals surface area contributed by atoms with Crippen molar-refractivity contribution in [1.82, 2.24) is 10.3 Å². The number of halogens is 3. The fraction of sp³-hybridized carbons (Fsp3) is 0.267. The summed E-state index contributed by atoms with van der Waals surface area (Å²) >= 11 is 0.957. The van der Waals surface area contributed by atoms with Gasteiger partial charge in [-0.15, -0.1) is 0 Å². The topological polar surface area (TPSA) is 71.1 Å². The summed E-state index contributed by atoms with van der Waals surface area (Å²) in [5, 5.41) is 5.17. The molecule has 1 aromatic heterocycles. The number of benzene rings is 1. The van der Waals surface area contributed by atoms with E-state index in [2.05, 4.69) is 15.6 Å². The van der Waals surface area contributed by atoms with Crippen LogP contribution < -0.4 is 10.6 Å². The third-order valence-corrected chi connectivity index (χ3v) is 4.49. The molecule has 0 aliphatic carbocycles. The second-order valence-electron chi connectivity index (χ2n) is 5.15. The molecular weight excluding hydrogens is 343 g/mol. The SMILES string of the molecule is O=C(Nc1nc2c(s1)C(=O)NCCC2)c1ccccc1C(F)(F)F. The largest absolute Gasteiger partial charge is 0.417 e. The molecule has 2 amide bonds. The van der Waals surface area contributed by atoms with Crippen LogP contribution in [-0.4, -0.2) is 23.3 Å². The summed E-state index contributed by atoms with van der Waals surface area (Å²) in [4.78, 5) is 28.6. The van der Waals surface area contributed by atoms with Crippen LogP contribution in [0.3, 0.4) is 0 Å². The van der Waals surface area contributed by atoms with E-state index < -0.39 is 23.2 Å². The molecule has 2 N–H and O–H groups in total. The second-order valence-corrected chi connectivity index (χ2v) is 6.15. The van der Waals surface area contributed by atoms with E-state index in [0.29, 0.717) is 30.0 Å². The number of fused-ring (bicyclic) bond motifs is 1. The molecule has 2 aromatic rings. The highest BCUT2D eigenvalue weighted by Gasteiger charge is 2.35. The Morgan fingerprint density at radius 1 is 1.29 bits per heavy atom. The Labute approximate surface area is 138 Å². The number of thiazole rings is 1. The summed E-state index contributed by atoms with van der Waals surface area (Å²) in [6.45, 7) is 0.544. The lowest BCUT2D eigenvalue weighted by atomic mass is 10.1. The Morgan fingerprint density at radius 2 is 2.04 bits per heavy atom. The normalized spacial score (nSPS) is 14.5. The van der Waals surface area contributed by atoms with Crippen molar-refractivity contribution in [1.29, 1.82) is 0 Å². The Morgan fingerprint density at radius 3 is 2.79 bits per heavy atom. The molecule has 0 spiro atoms. The Kier molecular flexibility index (Phi) is 4.27. The number of rotatable bonds is 2. The standard InChI is InChI=1S/C15H12F3N3O2S/c16-15(17,18)9-5-2-1-4-8(9)12(22)21-14-20-10-6-3-7-19-13(23)11(10)24-14/h1-2,4-5H,3,6-7H2,(H,19,23)(H,20,21,22). The van der Waals surface area contributed by atoms with E-state index in [-0.39, 0.29) is 11.0 Å². The van der Waals surface area contributed by atoms with Crippen LogP contribution in [0.15, 0.2) is 24.3 Å². The summed E-state index contributed by atoms with van der Waals surface area (Å²) in [6, 6.07) is 4.52. The number of hydrogen-bond donors (Lipinski definition) is 2. The maximum Gasteiger partial charge on any atom is 0.417 e. The number of carbonyl (C=O) groups is 2. The number of anilines is 1. The lowest BCUT2D eigenvalue weighted by molar-refractivity contribution is -0.137. The molecule has 0 bridgehead atoms. The third-order valence-electron chi connectivity index (χ3n) is 3.48. The van der Waals surface area contributed by atoms with Gasteiger partial charge in [0.25, 0.3) is 11.8 Å². The number of hydrogen-bond acceptors (Lipinski definition) is 4. The molecule has 9 heteroatoms. The molecule has 0 unspecified atom stereocenters. The average Bonchev–Trinajstić information content (AvgIpc) is 2.85. The minimum atomic E-state index is -4.63. The number of amides is 2. The molecule has 24 heavy (non-hydrogen) atoms. The fourth-order valence-electron chi connectivity index (χ4n) is 2.38. The van der Waals surface area contributed by atoms with Crippen molar-refractivity contribution < 1.29 is 22.8 Å². The highest BCUT2D eigenvalue weighted by molar-refractivity contribution is 7.17. The van der Waals surface area contributed by atoms with Crippen LogP contribution in [0.4, 0.5) is 18.3 Å². The van der Waals surface area contributed by atoms with Crippen LogP contribution in [0.25, 0.3) is 0 Å².